The number of ether oxygens (including phenoxy) is 1. The lowest BCUT2D eigenvalue weighted by atomic mass is 9.94. The van der Waals surface area contributed by atoms with E-state index in [1.165, 1.54) is 12.3 Å². The summed E-state index contributed by atoms with van der Waals surface area (Å²) in [5, 5.41) is 16.4. The number of imidazole rings is 1. The largest absolute Gasteiger partial charge is 0.489 e. The zero-order valence-corrected chi connectivity index (χ0v) is 25.5. The number of pyridine rings is 1. The van der Waals surface area contributed by atoms with Crippen molar-refractivity contribution in [2.45, 2.75) is 25.6 Å². The minimum atomic E-state index is -1.35. The van der Waals surface area contributed by atoms with E-state index in [1.807, 2.05) is 41.5 Å². The van der Waals surface area contributed by atoms with Crippen LogP contribution in [0.2, 0.25) is 0 Å². The number of aromatic nitrogens is 5. The first-order valence-corrected chi connectivity index (χ1v) is 15.2. The van der Waals surface area contributed by atoms with Gasteiger partial charge < -0.3 is 29.4 Å². The number of amides is 1. The van der Waals surface area contributed by atoms with E-state index in [9.17, 15) is 14.7 Å². The number of carboxylic acids is 1. The average molecular weight is 628 g/mol. The summed E-state index contributed by atoms with van der Waals surface area (Å²) in [5.74, 6) is -0.0633. The number of rotatable bonds is 9. The van der Waals surface area contributed by atoms with E-state index in [0.717, 1.165) is 11.5 Å². The molecule has 1 aromatic carbocycles. The van der Waals surface area contributed by atoms with E-state index in [4.69, 9.17) is 9.72 Å². The lowest BCUT2D eigenvalue weighted by Crippen LogP contribution is -2.65. The number of hydrogen-bond donors (Lipinski definition) is 2. The fourth-order valence-electron chi connectivity index (χ4n) is 6.07. The van der Waals surface area contributed by atoms with Crippen molar-refractivity contribution in [3.05, 3.63) is 78.5 Å². The molecule has 0 radical (unpaired) electrons. The highest BCUT2D eigenvalue weighted by Crippen LogP contribution is 2.33. The molecule has 0 bridgehead atoms. The number of nitrogens with zero attached hydrogens (tertiary/aromatic N) is 8. The van der Waals surface area contributed by atoms with Gasteiger partial charge in [0.2, 0.25) is 0 Å². The summed E-state index contributed by atoms with van der Waals surface area (Å²) in [7, 11) is 0. The molecule has 5 aromatic rings. The predicted octanol–water partition coefficient (Wildman–Crippen LogP) is 3.47. The third kappa shape index (κ3) is 5.78. The molecule has 0 unspecified atom stereocenters. The molecule has 1 amide bonds. The molecule has 6 heterocycles. The number of halogens is 1. The highest BCUT2D eigenvalue weighted by Gasteiger charge is 2.45. The molecule has 0 saturated carbocycles. The number of alkyl halides is 1. The first-order chi connectivity index (χ1) is 22.1. The zero-order chi connectivity index (χ0) is 32.0. The van der Waals surface area contributed by atoms with Gasteiger partial charge in [-0.3, -0.25) is 9.69 Å². The zero-order valence-electron chi connectivity index (χ0n) is 25.5. The van der Waals surface area contributed by atoms with Crippen LogP contribution in [0, 0.1) is 0 Å². The number of carbonyl (C=O) groups excluding carboxylic acids is 1. The van der Waals surface area contributed by atoms with Crippen molar-refractivity contribution in [1.29, 1.82) is 0 Å². The van der Waals surface area contributed by atoms with E-state index in [-0.39, 0.29) is 30.7 Å². The van der Waals surface area contributed by atoms with Crippen molar-refractivity contribution in [3.8, 4) is 5.75 Å². The second-order valence-corrected chi connectivity index (χ2v) is 12.1. The van der Waals surface area contributed by atoms with Crippen molar-refractivity contribution in [2.24, 2.45) is 0 Å². The van der Waals surface area contributed by atoms with Gasteiger partial charge in [0.1, 0.15) is 28.5 Å². The van der Waals surface area contributed by atoms with Crippen LogP contribution in [0.4, 0.5) is 21.6 Å². The smallest absolute Gasteiger partial charge is 0.335 e. The fourth-order valence-corrected chi connectivity index (χ4v) is 6.07. The van der Waals surface area contributed by atoms with Crippen molar-refractivity contribution >= 4 is 40.4 Å². The number of nitrogens with one attached hydrogen (secondary N) is 1. The van der Waals surface area contributed by atoms with Gasteiger partial charge in [-0.25, -0.2) is 23.7 Å². The Balaban J connectivity index is 1.01. The number of carboxylic acid groups (broad SMARTS) is 1. The van der Waals surface area contributed by atoms with Crippen molar-refractivity contribution in [1.82, 2.24) is 28.9 Å². The Morgan fingerprint density at radius 2 is 1.89 bits per heavy atom. The molecule has 0 atom stereocenters. The van der Waals surface area contributed by atoms with Gasteiger partial charge in [-0.15, -0.1) is 0 Å². The molecule has 2 aliphatic rings. The lowest BCUT2D eigenvalue weighted by Gasteiger charge is -2.49. The van der Waals surface area contributed by atoms with Gasteiger partial charge in [-0.2, -0.15) is 5.10 Å². The Kier molecular flexibility index (Phi) is 7.43. The SMILES string of the molecule is CC(C)Oc1cc2nc(N3CCN(CC4(F)CN(c5cccc(C(=O)O)c5)C4)CC3)cn2cc1NC(=O)c1cnn2cccnc12. The summed E-state index contributed by atoms with van der Waals surface area (Å²) < 4.78 is 25.0. The normalized spacial score (nSPS) is 16.6. The Morgan fingerprint density at radius 3 is 2.65 bits per heavy atom. The van der Waals surface area contributed by atoms with Gasteiger partial charge in [-0.1, -0.05) is 6.07 Å². The molecule has 46 heavy (non-hydrogen) atoms. The maximum absolute atomic E-state index is 15.6. The van der Waals surface area contributed by atoms with Crippen LogP contribution in [0.1, 0.15) is 34.6 Å². The number of piperazine rings is 1. The minimum Gasteiger partial charge on any atom is -0.489 e. The fraction of sp³-hybridized carbons (Fsp3) is 0.344. The average Bonchev–Trinajstić information content (AvgIpc) is 3.64. The Hall–Kier alpha value is -5.24. The second kappa shape index (κ2) is 11.6. The van der Waals surface area contributed by atoms with E-state index >= 15 is 4.39 Å². The van der Waals surface area contributed by atoms with Gasteiger partial charge in [0.15, 0.2) is 11.3 Å². The van der Waals surface area contributed by atoms with E-state index in [1.54, 1.807) is 41.3 Å². The molecule has 2 fully saturated rings. The lowest BCUT2D eigenvalue weighted by molar-refractivity contribution is 0.0613. The topological polar surface area (TPSA) is 133 Å². The molecule has 14 heteroatoms. The van der Waals surface area contributed by atoms with Crippen molar-refractivity contribution in [2.75, 3.05) is 60.9 Å². The minimum absolute atomic E-state index is 0.129. The standard InChI is InChI=1S/C32H34FN9O4/c1-21(2)46-26-14-27-37-28(17-40(27)16-25(26)36-30(43)24-15-35-42-8-4-7-34-29(24)42)39-11-9-38(10-12-39)18-32(33)19-41(20-32)23-6-3-5-22(13-23)31(44)45/h3-8,13-17,21H,9-12,18-20H2,1-2H3,(H,36,43)(H,44,45). The predicted molar refractivity (Wildman–Crippen MR) is 170 cm³/mol. The van der Waals surface area contributed by atoms with Gasteiger partial charge >= 0.3 is 5.97 Å². The van der Waals surface area contributed by atoms with Crippen LogP contribution in [0.3, 0.4) is 0 Å². The highest BCUT2D eigenvalue weighted by atomic mass is 19.1. The van der Waals surface area contributed by atoms with Gasteiger partial charge in [0, 0.05) is 63.1 Å². The molecule has 238 valence electrons. The summed E-state index contributed by atoms with van der Waals surface area (Å²) in [6.07, 6.45) is 8.41. The molecular formula is C32H34FN9O4. The maximum atomic E-state index is 15.6. The maximum Gasteiger partial charge on any atom is 0.335 e. The molecule has 2 N–H and O–H groups in total. The Bertz CT molecular complexity index is 1930. The molecule has 13 nitrogen and oxygen atoms in total. The number of hydrogen-bond acceptors (Lipinski definition) is 9. The first-order valence-electron chi connectivity index (χ1n) is 15.2. The summed E-state index contributed by atoms with van der Waals surface area (Å²) >= 11 is 0. The summed E-state index contributed by atoms with van der Waals surface area (Å²) in [4.78, 5) is 39.9. The monoisotopic (exact) mass is 627 g/mol. The van der Waals surface area contributed by atoms with Crippen LogP contribution in [0.25, 0.3) is 11.3 Å². The van der Waals surface area contributed by atoms with Gasteiger partial charge in [-0.05, 0) is 38.1 Å². The number of benzene rings is 1. The number of anilines is 3. The molecule has 7 rings (SSSR count). The van der Waals surface area contributed by atoms with Crippen LogP contribution in [0.5, 0.6) is 5.75 Å². The van der Waals surface area contributed by atoms with Crippen LogP contribution in [-0.4, -0.2) is 103 Å². The van der Waals surface area contributed by atoms with E-state index in [0.29, 0.717) is 61.0 Å². The molecule has 0 spiro atoms. The third-order valence-electron chi connectivity index (χ3n) is 8.29. The number of carbonyl (C=O) groups is 2. The van der Waals surface area contributed by atoms with E-state index in [2.05, 4.69) is 25.2 Å². The Morgan fingerprint density at radius 1 is 1.09 bits per heavy atom. The third-order valence-corrected chi connectivity index (χ3v) is 8.29. The summed E-state index contributed by atoms with van der Waals surface area (Å²) in [6.45, 7) is 7.36. The molecule has 0 aliphatic carbocycles. The Labute approximate surface area is 263 Å². The summed E-state index contributed by atoms with van der Waals surface area (Å²) in [5.41, 5.74) is 1.54. The number of aromatic carboxylic acids is 1. The van der Waals surface area contributed by atoms with Crippen molar-refractivity contribution in [3.63, 3.8) is 0 Å². The van der Waals surface area contributed by atoms with Crippen molar-refractivity contribution < 1.29 is 23.8 Å². The van der Waals surface area contributed by atoms with Crippen LogP contribution in [-0.2, 0) is 0 Å². The van der Waals surface area contributed by atoms with Crippen LogP contribution < -0.4 is 19.9 Å². The molecular weight excluding hydrogens is 593 g/mol. The summed E-state index contributed by atoms with van der Waals surface area (Å²) in [6, 6.07) is 10.2. The van der Waals surface area contributed by atoms with Gasteiger partial charge in [0.25, 0.3) is 5.91 Å². The number of fused-ring (bicyclic) bond motifs is 2. The second-order valence-electron chi connectivity index (χ2n) is 12.1. The molecule has 4 aromatic heterocycles. The van der Waals surface area contributed by atoms with Gasteiger partial charge in [0.05, 0.1) is 37.2 Å². The molecule has 2 aliphatic heterocycles. The van der Waals surface area contributed by atoms with Crippen LogP contribution in [0.15, 0.2) is 67.4 Å². The quantitative estimate of drug-likeness (QED) is 0.250. The molecule has 2 saturated heterocycles. The first kappa shape index (κ1) is 29.5. The highest BCUT2D eigenvalue weighted by molar-refractivity contribution is 6.08. The van der Waals surface area contributed by atoms with Crippen LogP contribution >= 0.6 is 0 Å². The van der Waals surface area contributed by atoms with E-state index < -0.39 is 11.6 Å².